The van der Waals surface area contributed by atoms with Crippen LogP contribution in [-0.4, -0.2) is 26.4 Å². The molecule has 1 aromatic carbocycles. The lowest BCUT2D eigenvalue weighted by Crippen LogP contribution is -2.40. The second kappa shape index (κ2) is 6.52. The third-order valence-electron chi connectivity index (χ3n) is 4.74. The minimum absolute atomic E-state index is 0.0992. The van der Waals surface area contributed by atoms with E-state index in [1.807, 2.05) is 12.1 Å². The Bertz CT molecular complexity index is 869. The molecular weight excluding hydrogens is 308 g/mol. The van der Waals surface area contributed by atoms with Crippen LogP contribution in [-0.2, 0) is 6.54 Å². The average Bonchev–Trinajstić information content (AvgIpc) is 2.89. The Morgan fingerprint density at radius 1 is 1.12 bits per heavy atom. The standard InChI is InChI=1S/C21H28N4/c1-6-24(21(3,4)5)14-18-20(16-7-9-17(22)10-8-16)23-19-13-15(2)11-12-25(18)19/h7-13H,6,14,22H2,1-5H3. The zero-order chi connectivity index (χ0) is 18.2. The molecule has 0 spiro atoms. The Morgan fingerprint density at radius 3 is 2.40 bits per heavy atom. The summed E-state index contributed by atoms with van der Waals surface area (Å²) in [6.45, 7) is 12.9. The van der Waals surface area contributed by atoms with Crippen molar-refractivity contribution in [1.29, 1.82) is 0 Å². The van der Waals surface area contributed by atoms with E-state index in [1.54, 1.807) is 0 Å². The highest BCUT2D eigenvalue weighted by Crippen LogP contribution is 2.28. The number of rotatable bonds is 4. The summed E-state index contributed by atoms with van der Waals surface area (Å²) in [6.07, 6.45) is 2.13. The van der Waals surface area contributed by atoms with Crippen LogP contribution in [0.1, 0.15) is 39.0 Å². The van der Waals surface area contributed by atoms with Crippen LogP contribution in [0.25, 0.3) is 16.9 Å². The Morgan fingerprint density at radius 2 is 1.80 bits per heavy atom. The maximum absolute atomic E-state index is 5.86. The summed E-state index contributed by atoms with van der Waals surface area (Å²) in [5.41, 5.74) is 12.3. The number of anilines is 1. The van der Waals surface area contributed by atoms with Gasteiger partial charge in [-0.3, -0.25) is 4.90 Å². The lowest BCUT2D eigenvalue weighted by atomic mass is 10.0. The van der Waals surface area contributed by atoms with E-state index >= 15 is 0 Å². The highest BCUT2D eigenvalue weighted by atomic mass is 15.2. The van der Waals surface area contributed by atoms with Crippen molar-refractivity contribution < 1.29 is 0 Å². The molecule has 0 unspecified atom stereocenters. The van der Waals surface area contributed by atoms with Gasteiger partial charge in [-0.2, -0.15) is 0 Å². The quantitative estimate of drug-likeness (QED) is 0.713. The molecule has 0 radical (unpaired) electrons. The molecule has 0 saturated carbocycles. The van der Waals surface area contributed by atoms with Gasteiger partial charge in [0.05, 0.1) is 11.4 Å². The molecule has 0 atom stereocenters. The van der Waals surface area contributed by atoms with Crippen LogP contribution in [0.4, 0.5) is 5.69 Å². The van der Waals surface area contributed by atoms with Gasteiger partial charge in [0.25, 0.3) is 0 Å². The number of hydrogen-bond acceptors (Lipinski definition) is 3. The van der Waals surface area contributed by atoms with Crippen LogP contribution >= 0.6 is 0 Å². The van der Waals surface area contributed by atoms with E-state index in [-0.39, 0.29) is 5.54 Å². The molecule has 2 N–H and O–H groups in total. The van der Waals surface area contributed by atoms with Gasteiger partial charge in [-0.05, 0) is 64.1 Å². The van der Waals surface area contributed by atoms with E-state index in [0.717, 1.165) is 35.7 Å². The molecule has 0 aliphatic rings. The smallest absolute Gasteiger partial charge is 0.137 e. The van der Waals surface area contributed by atoms with Crippen LogP contribution < -0.4 is 5.73 Å². The van der Waals surface area contributed by atoms with E-state index in [1.165, 1.54) is 11.3 Å². The Hall–Kier alpha value is -2.33. The van der Waals surface area contributed by atoms with E-state index in [9.17, 15) is 0 Å². The average molecular weight is 336 g/mol. The number of nitrogen functional groups attached to an aromatic ring is 1. The van der Waals surface area contributed by atoms with Crippen molar-refractivity contribution >= 4 is 11.3 Å². The molecule has 25 heavy (non-hydrogen) atoms. The normalized spacial score (nSPS) is 12.2. The van der Waals surface area contributed by atoms with Gasteiger partial charge in [-0.15, -0.1) is 0 Å². The molecule has 0 amide bonds. The van der Waals surface area contributed by atoms with E-state index in [0.29, 0.717) is 0 Å². The fourth-order valence-electron chi connectivity index (χ4n) is 3.22. The molecule has 4 nitrogen and oxygen atoms in total. The van der Waals surface area contributed by atoms with Crippen molar-refractivity contribution in [2.75, 3.05) is 12.3 Å². The molecule has 0 aliphatic heterocycles. The summed E-state index contributed by atoms with van der Waals surface area (Å²) in [6, 6.07) is 12.3. The predicted octanol–water partition coefficient (Wildman–Crippen LogP) is 4.51. The second-order valence-electron chi connectivity index (χ2n) is 7.65. The molecule has 132 valence electrons. The molecule has 4 heteroatoms. The lowest BCUT2D eigenvalue weighted by molar-refractivity contribution is 0.134. The lowest BCUT2D eigenvalue weighted by Gasteiger charge is -2.34. The summed E-state index contributed by atoms with van der Waals surface area (Å²) in [4.78, 5) is 7.41. The van der Waals surface area contributed by atoms with Gasteiger partial charge in [0, 0.05) is 29.5 Å². The van der Waals surface area contributed by atoms with Gasteiger partial charge in [0.1, 0.15) is 5.65 Å². The van der Waals surface area contributed by atoms with E-state index in [4.69, 9.17) is 10.7 Å². The van der Waals surface area contributed by atoms with Gasteiger partial charge in [0.15, 0.2) is 0 Å². The van der Waals surface area contributed by atoms with Crippen molar-refractivity contribution in [3.8, 4) is 11.3 Å². The van der Waals surface area contributed by atoms with Crippen molar-refractivity contribution in [3.05, 3.63) is 53.9 Å². The second-order valence-corrected chi connectivity index (χ2v) is 7.65. The molecule has 2 heterocycles. The minimum Gasteiger partial charge on any atom is -0.399 e. The fraction of sp³-hybridized carbons (Fsp3) is 0.381. The number of imidazole rings is 1. The Labute approximate surface area is 150 Å². The van der Waals surface area contributed by atoms with E-state index in [2.05, 4.69) is 74.4 Å². The summed E-state index contributed by atoms with van der Waals surface area (Å²) in [5.74, 6) is 0. The van der Waals surface area contributed by atoms with Crippen LogP contribution in [0.2, 0.25) is 0 Å². The maximum atomic E-state index is 5.86. The first-order valence-electron chi connectivity index (χ1n) is 8.88. The first-order valence-corrected chi connectivity index (χ1v) is 8.88. The molecule has 0 aliphatic carbocycles. The van der Waals surface area contributed by atoms with Crippen LogP contribution in [0.15, 0.2) is 42.6 Å². The highest BCUT2D eigenvalue weighted by molar-refractivity contribution is 5.68. The largest absolute Gasteiger partial charge is 0.399 e. The number of aromatic nitrogens is 2. The van der Waals surface area contributed by atoms with Crippen molar-refractivity contribution in [3.63, 3.8) is 0 Å². The monoisotopic (exact) mass is 336 g/mol. The van der Waals surface area contributed by atoms with Gasteiger partial charge in [-0.1, -0.05) is 19.1 Å². The molecule has 0 saturated heterocycles. The number of pyridine rings is 1. The first kappa shape index (κ1) is 17.5. The third-order valence-corrected chi connectivity index (χ3v) is 4.74. The van der Waals surface area contributed by atoms with Gasteiger partial charge >= 0.3 is 0 Å². The van der Waals surface area contributed by atoms with E-state index < -0.39 is 0 Å². The van der Waals surface area contributed by atoms with Crippen molar-refractivity contribution in [1.82, 2.24) is 14.3 Å². The number of benzene rings is 1. The SMILES string of the molecule is CCN(Cc1c(-c2ccc(N)cc2)nc2cc(C)ccn12)C(C)(C)C. The van der Waals surface area contributed by atoms with Crippen molar-refractivity contribution in [2.24, 2.45) is 0 Å². The van der Waals surface area contributed by atoms with Crippen molar-refractivity contribution in [2.45, 2.75) is 46.7 Å². The summed E-state index contributed by atoms with van der Waals surface area (Å²) < 4.78 is 2.22. The van der Waals surface area contributed by atoms with Crippen LogP contribution in [0.5, 0.6) is 0 Å². The fourth-order valence-corrected chi connectivity index (χ4v) is 3.22. The number of hydrogen-bond donors (Lipinski definition) is 1. The topological polar surface area (TPSA) is 46.6 Å². The first-order chi connectivity index (χ1) is 11.8. The summed E-state index contributed by atoms with van der Waals surface area (Å²) in [7, 11) is 0. The molecular formula is C21H28N4. The number of fused-ring (bicyclic) bond motifs is 1. The van der Waals surface area contributed by atoms with Crippen LogP contribution in [0, 0.1) is 6.92 Å². The number of nitrogens with two attached hydrogens (primary N) is 1. The van der Waals surface area contributed by atoms with Gasteiger partial charge in [0.2, 0.25) is 0 Å². The summed E-state index contributed by atoms with van der Waals surface area (Å²) >= 11 is 0. The molecule has 3 aromatic rings. The zero-order valence-electron chi connectivity index (χ0n) is 15.9. The van der Waals surface area contributed by atoms with Crippen LogP contribution in [0.3, 0.4) is 0 Å². The Kier molecular flexibility index (Phi) is 4.56. The molecule has 0 bridgehead atoms. The van der Waals surface area contributed by atoms with Gasteiger partial charge in [-0.25, -0.2) is 4.98 Å². The predicted molar refractivity (Wildman–Crippen MR) is 106 cm³/mol. The highest BCUT2D eigenvalue weighted by Gasteiger charge is 2.23. The summed E-state index contributed by atoms with van der Waals surface area (Å²) in [5, 5.41) is 0. The molecule has 3 rings (SSSR count). The van der Waals surface area contributed by atoms with Gasteiger partial charge < -0.3 is 10.1 Å². The molecule has 2 aromatic heterocycles. The Balaban J connectivity index is 2.16. The molecule has 0 fully saturated rings. The number of nitrogens with zero attached hydrogens (tertiary/aromatic N) is 3. The maximum Gasteiger partial charge on any atom is 0.137 e. The third kappa shape index (κ3) is 3.54. The number of aryl methyl sites for hydroxylation is 1. The minimum atomic E-state index is 0.0992. The zero-order valence-corrected chi connectivity index (χ0v) is 15.9.